The van der Waals surface area contributed by atoms with Crippen molar-refractivity contribution in [3.05, 3.63) is 125 Å². The van der Waals surface area contributed by atoms with E-state index in [4.69, 9.17) is 0 Å². The summed E-state index contributed by atoms with van der Waals surface area (Å²) in [6.07, 6.45) is 4.24. The molecule has 0 aliphatic heterocycles. The molecule has 36 heavy (non-hydrogen) atoms. The SMILES string of the molecule is C=C(C(=C1CCCCC1)S(=O)(=O)c1ccc2ccccc2c1)P(=O)(c1ccccc1)c1ccccc1. The second-order valence-corrected chi connectivity index (χ2v) is 13.9. The smallest absolute Gasteiger partial charge is 0.207 e. The van der Waals surface area contributed by atoms with Crippen LogP contribution >= 0.6 is 7.14 Å². The van der Waals surface area contributed by atoms with Gasteiger partial charge < -0.3 is 4.57 Å². The fourth-order valence-electron chi connectivity index (χ4n) is 5.09. The molecule has 5 heteroatoms. The molecule has 0 N–H and O–H groups in total. The molecule has 1 fully saturated rings. The normalized spacial score (nSPS) is 14.5. The summed E-state index contributed by atoms with van der Waals surface area (Å²) in [5, 5.41) is 3.20. The first-order chi connectivity index (χ1) is 17.4. The average Bonchev–Trinajstić information content (AvgIpc) is 2.93. The lowest BCUT2D eigenvalue weighted by molar-refractivity contribution is 0.582. The van der Waals surface area contributed by atoms with E-state index in [2.05, 4.69) is 6.58 Å². The van der Waals surface area contributed by atoms with Gasteiger partial charge in [-0.3, -0.25) is 0 Å². The van der Waals surface area contributed by atoms with Gasteiger partial charge in [-0.05, 0) is 48.6 Å². The van der Waals surface area contributed by atoms with Crippen LogP contribution in [0.3, 0.4) is 0 Å². The fraction of sp³-hybridized carbons (Fsp3) is 0.161. The van der Waals surface area contributed by atoms with E-state index in [1.54, 1.807) is 12.1 Å². The van der Waals surface area contributed by atoms with Crippen molar-refractivity contribution in [2.24, 2.45) is 0 Å². The molecule has 4 aromatic rings. The Morgan fingerprint density at radius 1 is 0.667 bits per heavy atom. The molecule has 0 amide bonds. The Morgan fingerprint density at radius 2 is 1.19 bits per heavy atom. The third kappa shape index (κ3) is 4.40. The van der Waals surface area contributed by atoms with Crippen molar-refractivity contribution in [2.45, 2.75) is 37.0 Å². The molecular formula is C31H29O3PS. The van der Waals surface area contributed by atoms with E-state index in [1.165, 1.54) is 0 Å². The van der Waals surface area contributed by atoms with Gasteiger partial charge in [0.2, 0.25) is 9.84 Å². The van der Waals surface area contributed by atoms with Crippen LogP contribution in [0.1, 0.15) is 32.1 Å². The van der Waals surface area contributed by atoms with Gasteiger partial charge in [-0.1, -0.05) is 110 Å². The maximum absolute atomic E-state index is 15.1. The minimum atomic E-state index is -3.98. The summed E-state index contributed by atoms with van der Waals surface area (Å²) < 4.78 is 43.9. The van der Waals surface area contributed by atoms with Crippen LogP contribution in [-0.4, -0.2) is 8.42 Å². The predicted molar refractivity (Wildman–Crippen MR) is 150 cm³/mol. The highest BCUT2D eigenvalue weighted by atomic mass is 32.2. The lowest BCUT2D eigenvalue weighted by Crippen LogP contribution is -2.21. The van der Waals surface area contributed by atoms with E-state index >= 15 is 4.57 Å². The Hall–Kier alpha value is -3.20. The highest BCUT2D eigenvalue weighted by Gasteiger charge is 2.39. The van der Waals surface area contributed by atoms with Gasteiger partial charge in [0.1, 0.15) is 0 Å². The van der Waals surface area contributed by atoms with Crippen LogP contribution < -0.4 is 10.6 Å². The monoisotopic (exact) mass is 512 g/mol. The molecule has 0 spiro atoms. The second-order valence-electron chi connectivity index (χ2n) is 9.23. The van der Waals surface area contributed by atoms with Crippen LogP contribution in [0.5, 0.6) is 0 Å². The van der Waals surface area contributed by atoms with E-state index < -0.39 is 17.0 Å². The first kappa shape index (κ1) is 24.5. The van der Waals surface area contributed by atoms with Crippen LogP contribution in [-0.2, 0) is 14.4 Å². The summed E-state index contributed by atoms with van der Waals surface area (Å²) in [5.74, 6) is 0. The van der Waals surface area contributed by atoms with E-state index in [0.29, 0.717) is 23.5 Å². The Labute approximate surface area is 213 Å². The molecule has 4 aromatic carbocycles. The van der Waals surface area contributed by atoms with Crippen molar-refractivity contribution in [3.63, 3.8) is 0 Å². The third-order valence-corrected chi connectivity index (χ3v) is 12.1. The molecule has 0 bridgehead atoms. The van der Waals surface area contributed by atoms with Gasteiger partial charge in [0.15, 0.2) is 7.14 Å². The summed E-state index contributed by atoms with van der Waals surface area (Å²) >= 11 is 0. The van der Waals surface area contributed by atoms with E-state index in [1.807, 2.05) is 91.0 Å². The number of rotatable bonds is 6. The van der Waals surface area contributed by atoms with Crippen LogP contribution in [0.25, 0.3) is 10.8 Å². The Balaban J connectivity index is 1.75. The molecule has 1 aliphatic rings. The quantitative estimate of drug-likeness (QED) is 0.254. The Bertz CT molecular complexity index is 1550. The molecule has 0 unspecified atom stereocenters. The van der Waals surface area contributed by atoms with Gasteiger partial charge in [0, 0.05) is 15.9 Å². The first-order valence-corrected chi connectivity index (χ1v) is 15.5. The minimum absolute atomic E-state index is 0.161. The van der Waals surface area contributed by atoms with E-state index in [0.717, 1.165) is 35.6 Å². The summed E-state index contributed by atoms with van der Waals surface area (Å²) in [5.41, 5.74) is 0.839. The Kier molecular flexibility index (Phi) is 6.83. The van der Waals surface area contributed by atoms with Gasteiger partial charge in [-0.15, -0.1) is 0 Å². The largest absolute Gasteiger partial charge is 0.309 e. The highest BCUT2D eigenvalue weighted by molar-refractivity contribution is 7.97. The van der Waals surface area contributed by atoms with E-state index in [9.17, 15) is 8.42 Å². The van der Waals surface area contributed by atoms with Gasteiger partial charge in [-0.25, -0.2) is 8.42 Å². The van der Waals surface area contributed by atoms with Gasteiger partial charge in [0.25, 0.3) is 0 Å². The fourth-order valence-corrected chi connectivity index (χ4v) is 10.0. The maximum Gasteiger partial charge on any atom is 0.207 e. The average molecular weight is 513 g/mol. The molecule has 0 heterocycles. The summed E-state index contributed by atoms with van der Waals surface area (Å²) in [6, 6.07) is 31.2. The van der Waals surface area contributed by atoms with Crippen LogP contribution in [0.4, 0.5) is 0 Å². The van der Waals surface area contributed by atoms with Crippen molar-refractivity contribution in [1.82, 2.24) is 0 Å². The van der Waals surface area contributed by atoms with Crippen molar-refractivity contribution < 1.29 is 13.0 Å². The number of benzene rings is 4. The van der Waals surface area contributed by atoms with Crippen molar-refractivity contribution in [2.75, 3.05) is 0 Å². The second kappa shape index (κ2) is 10.0. The van der Waals surface area contributed by atoms with Gasteiger partial charge in [-0.2, -0.15) is 0 Å². The molecule has 0 atom stereocenters. The van der Waals surface area contributed by atoms with Crippen LogP contribution in [0, 0.1) is 0 Å². The molecule has 0 saturated heterocycles. The Morgan fingerprint density at radius 3 is 1.78 bits per heavy atom. The zero-order valence-electron chi connectivity index (χ0n) is 20.1. The topological polar surface area (TPSA) is 51.2 Å². The molecule has 0 aromatic heterocycles. The van der Waals surface area contributed by atoms with Gasteiger partial charge >= 0.3 is 0 Å². The standard InChI is InChI=1S/C31H29O3PS/c1-24(35(32,28-17-7-3-8-18-28)29-19-9-4-10-20-29)31(26-14-5-2-6-15-26)36(33,34)30-22-21-25-13-11-12-16-27(25)23-30/h3-4,7-13,16-23H,1-2,5-6,14-15H2. The zero-order chi connectivity index (χ0) is 25.2. The summed E-state index contributed by atoms with van der Waals surface area (Å²) in [6.45, 7) is 4.31. The minimum Gasteiger partial charge on any atom is -0.309 e. The predicted octanol–water partition coefficient (Wildman–Crippen LogP) is 7.36. The van der Waals surface area contributed by atoms with Crippen molar-refractivity contribution in [1.29, 1.82) is 0 Å². The lowest BCUT2D eigenvalue weighted by Gasteiger charge is -2.27. The van der Waals surface area contributed by atoms with E-state index in [-0.39, 0.29) is 15.1 Å². The zero-order valence-corrected chi connectivity index (χ0v) is 21.8. The molecule has 5 rings (SSSR count). The lowest BCUT2D eigenvalue weighted by atomic mass is 9.94. The molecule has 1 saturated carbocycles. The van der Waals surface area contributed by atoms with Crippen LogP contribution in [0.2, 0.25) is 0 Å². The first-order valence-electron chi connectivity index (χ1n) is 12.3. The molecule has 3 nitrogen and oxygen atoms in total. The molecule has 1 aliphatic carbocycles. The van der Waals surface area contributed by atoms with Gasteiger partial charge in [0.05, 0.1) is 9.80 Å². The molecular weight excluding hydrogens is 483 g/mol. The maximum atomic E-state index is 15.1. The summed E-state index contributed by atoms with van der Waals surface area (Å²) in [7, 11) is -7.52. The molecule has 0 radical (unpaired) electrons. The van der Waals surface area contributed by atoms with Crippen molar-refractivity contribution >= 4 is 38.4 Å². The number of allylic oxidation sites excluding steroid dienone is 2. The number of sulfone groups is 1. The number of hydrogen-bond donors (Lipinski definition) is 0. The van der Waals surface area contributed by atoms with Crippen LogP contribution in [0.15, 0.2) is 130 Å². The molecule has 182 valence electrons. The third-order valence-electron chi connectivity index (χ3n) is 6.96. The number of hydrogen-bond acceptors (Lipinski definition) is 3. The van der Waals surface area contributed by atoms with Crippen molar-refractivity contribution in [3.8, 4) is 0 Å². The number of fused-ring (bicyclic) bond motifs is 1. The highest BCUT2D eigenvalue weighted by Crippen LogP contribution is 2.56. The summed E-state index contributed by atoms with van der Waals surface area (Å²) in [4.78, 5) is 0.372.